The molecule has 0 radical (unpaired) electrons. The molecule has 0 aromatic rings. The van der Waals surface area contributed by atoms with Gasteiger partial charge in [0.1, 0.15) is 7.11 Å². The predicted molar refractivity (Wildman–Crippen MR) is 67.6 cm³/mol. The van der Waals surface area contributed by atoms with Crippen LogP contribution in [0.25, 0.3) is 0 Å². The largest absolute Gasteiger partial charge is 0.449 e. The SMILES string of the molecule is CCCCOC(=O)N1CC2(CNCC2=NOC)C1. The third-order valence-electron chi connectivity index (χ3n) is 3.54. The van der Waals surface area contributed by atoms with E-state index in [4.69, 9.17) is 9.57 Å². The molecule has 0 aromatic carbocycles. The number of unbranched alkanes of at least 4 members (excludes halogenated alkanes) is 1. The molecule has 0 saturated carbocycles. The molecule has 6 heteroatoms. The molecule has 0 aromatic heterocycles. The fourth-order valence-corrected chi connectivity index (χ4v) is 2.45. The van der Waals surface area contributed by atoms with Crippen molar-refractivity contribution in [2.45, 2.75) is 19.8 Å². The topological polar surface area (TPSA) is 63.2 Å². The van der Waals surface area contributed by atoms with Crippen molar-refractivity contribution in [1.82, 2.24) is 10.2 Å². The molecule has 1 amide bonds. The zero-order valence-corrected chi connectivity index (χ0v) is 11.1. The summed E-state index contributed by atoms with van der Waals surface area (Å²) in [5.41, 5.74) is 0.974. The molecular weight excluding hydrogens is 234 g/mol. The molecule has 0 aliphatic carbocycles. The highest BCUT2D eigenvalue weighted by atomic mass is 16.6. The van der Waals surface area contributed by atoms with Gasteiger partial charge < -0.3 is 19.8 Å². The van der Waals surface area contributed by atoms with E-state index in [1.54, 1.807) is 12.0 Å². The Labute approximate surface area is 107 Å². The lowest BCUT2D eigenvalue weighted by atomic mass is 9.78. The van der Waals surface area contributed by atoms with E-state index in [1.807, 2.05) is 0 Å². The van der Waals surface area contributed by atoms with Gasteiger partial charge in [0.15, 0.2) is 0 Å². The van der Waals surface area contributed by atoms with Gasteiger partial charge in [0.25, 0.3) is 0 Å². The third-order valence-corrected chi connectivity index (χ3v) is 3.54. The van der Waals surface area contributed by atoms with Gasteiger partial charge in [0.2, 0.25) is 0 Å². The van der Waals surface area contributed by atoms with Crippen LogP contribution < -0.4 is 5.32 Å². The minimum atomic E-state index is -0.210. The van der Waals surface area contributed by atoms with Crippen molar-refractivity contribution in [3.63, 3.8) is 0 Å². The van der Waals surface area contributed by atoms with Crippen molar-refractivity contribution in [2.75, 3.05) is 39.9 Å². The van der Waals surface area contributed by atoms with Crippen molar-refractivity contribution in [1.29, 1.82) is 0 Å². The van der Waals surface area contributed by atoms with Crippen LogP contribution in [0.2, 0.25) is 0 Å². The average Bonchev–Trinajstić information content (AvgIpc) is 2.71. The first kappa shape index (κ1) is 13.1. The number of nitrogens with zero attached hydrogens (tertiary/aromatic N) is 2. The minimum Gasteiger partial charge on any atom is -0.449 e. The number of nitrogens with one attached hydrogen (secondary N) is 1. The molecule has 6 nitrogen and oxygen atoms in total. The van der Waals surface area contributed by atoms with Crippen LogP contribution in [-0.2, 0) is 9.57 Å². The van der Waals surface area contributed by atoms with Gasteiger partial charge in [0, 0.05) is 26.2 Å². The van der Waals surface area contributed by atoms with Gasteiger partial charge in [-0.3, -0.25) is 0 Å². The van der Waals surface area contributed by atoms with Crippen molar-refractivity contribution in [2.24, 2.45) is 10.6 Å². The average molecular weight is 255 g/mol. The highest BCUT2D eigenvalue weighted by molar-refractivity contribution is 5.96. The lowest BCUT2D eigenvalue weighted by Gasteiger charge is -2.46. The molecule has 2 aliphatic rings. The molecule has 0 unspecified atom stereocenters. The molecule has 0 atom stereocenters. The van der Waals surface area contributed by atoms with Crippen LogP contribution in [0.15, 0.2) is 5.16 Å². The van der Waals surface area contributed by atoms with Gasteiger partial charge >= 0.3 is 6.09 Å². The van der Waals surface area contributed by atoms with Crippen LogP contribution in [0, 0.1) is 5.41 Å². The van der Waals surface area contributed by atoms with Crippen molar-refractivity contribution in [3.05, 3.63) is 0 Å². The predicted octanol–water partition coefficient (Wildman–Crippen LogP) is 0.831. The molecule has 2 fully saturated rings. The number of ether oxygens (including phenoxy) is 1. The fraction of sp³-hybridized carbons (Fsp3) is 0.833. The number of rotatable bonds is 4. The number of hydrogen-bond acceptors (Lipinski definition) is 5. The summed E-state index contributed by atoms with van der Waals surface area (Å²) in [7, 11) is 1.55. The number of carbonyl (C=O) groups excluding carboxylic acids is 1. The molecule has 2 rings (SSSR count). The summed E-state index contributed by atoms with van der Waals surface area (Å²) in [4.78, 5) is 18.3. The van der Waals surface area contributed by atoms with E-state index in [1.165, 1.54) is 0 Å². The quantitative estimate of drug-likeness (QED) is 0.597. The van der Waals surface area contributed by atoms with E-state index in [0.717, 1.165) is 31.6 Å². The van der Waals surface area contributed by atoms with Crippen LogP contribution in [0.3, 0.4) is 0 Å². The molecule has 2 aliphatic heterocycles. The highest BCUT2D eigenvalue weighted by Gasteiger charge is 2.52. The first-order chi connectivity index (χ1) is 8.72. The van der Waals surface area contributed by atoms with Crippen LogP contribution in [0.4, 0.5) is 4.79 Å². The summed E-state index contributed by atoms with van der Waals surface area (Å²) < 4.78 is 5.18. The number of oxime groups is 1. The second kappa shape index (κ2) is 5.56. The smallest absolute Gasteiger partial charge is 0.409 e. The lowest BCUT2D eigenvalue weighted by molar-refractivity contribution is 0.0348. The maximum absolute atomic E-state index is 11.7. The Bertz CT molecular complexity index is 337. The van der Waals surface area contributed by atoms with Gasteiger partial charge in [-0.2, -0.15) is 0 Å². The number of likely N-dealkylation sites (tertiary alicyclic amines) is 1. The van der Waals surface area contributed by atoms with Gasteiger partial charge in [-0.1, -0.05) is 18.5 Å². The minimum absolute atomic E-state index is 0.0280. The van der Waals surface area contributed by atoms with E-state index in [9.17, 15) is 4.79 Å². The van der Waals surface area contributed by atoms with Gasteiger partial charge in [0.05, 0.1) is 17.7 Å². The number of amides is 1. The Morgan fingerprint density at radius 2 is 2.33 bits per heavy atom. The van der Waals surface area contributed by atoms with Gasteiger partial charge in [-0.25, -0.2) is 4.79 Å². The number of hydrogen-bond donors (Lipinski definition) is 1. The maximum atomic E-state index is 11.7. The van der Waals surface area contributed by atoms with Crippen LogP contribution in [0.5, 0.6) is 0 Å². The Morgan fingerprint density at radius 1 is 1.56 bits per heavy atom. The summed E-state index contributed by atoms with van der Waals surface area (Å²) >= 11 is 0. The normalized spacial score (nSPS) is 23.2. The summed E-state index contributed by atoms with van der Waals surface area (Å²) in [6, 6.07) is 0. The third kappa shape index (κ3) is 2.43. The second-order valence-electron chi connectivity index (χ2n) is 4.93. The summed E-state index contributed by atoms with van der Waals surface area (Å²) in [5.74, 6) is 0. The Morgan fingerprint density at radius 3 is 3.00 bits per heavy atom. The molecule has 18 heavy (non-hydrogen) atoms. The first-order valence-corrected chi connectivity index (χ1v) is 6.45. The van der Waals surface area contributed by atoms with Crippen LogP contribution in [0.1, 0.15) is 19.8 Å². The fourth-order valence-electron chi connectivity index (χ4n) is 2.45. The van der Waals surface area contributed by atoms with E-state index in [2.05, 4.69) is 17.4 Å². The molecular formula is C12H21N3O3. The zero-order chi connectivity index (χ0) is 13.0. The molecule has 2 heterocycles. The summed E-state index contributed by atoms with van der Waals surface area (Å²) in [6.07, 6.45) is 1.74. The zero-order valence-electron chi connectivity index (χ0n) is 11.1. The Kier molecular flexibility index (Phi) is 4.06. The standard InChI is InChI=1S/C12H21N3O3/c1-3-4-5-18-11(16)15-8-12(9-15)7-13-6-10(12)14-17-2/h13H,3-9H2,1-2H3. The highest BCUT2D eigenvalue weighted by Crippen LogP contribution is 2.34. The van der Waals surface area contributed by atoms with Crippen molar-refractivity contribution >= 4 is 11.8 Å². The van der Waals surface area contributed by atoms with Crippen molar-refractivity contribution in [3.8, 4) is 0 Å². The molecule has 2 saturated heterocycles. The van der Waals surface area contributed by atoms with Crippen LogP contribution in [-0.4, -0.2) is 56.6 Å². The summed E-state index contributed by atoms with van der Waals surface area (Å²) in [5, 5.41) is 7.32. The monoisotopic (exact) mass is 255 g/mol. The van der Waals surface area contributed by atoms with Gasteiger partial charge in [-0.15, -0.1) is 0 Å². The Hall–Kier alpha value is -1.30. The first-order valence-electron chi connectivity index (χ1n) is 6.45. The second-order valence-corrected chi connectivity index (χ2v) is 4.93. The van der Waals surface area contributed by atoms with Crippen molar-refractivity contribution < 1.29 is 14.4 Å². The Balaban J connectivity index is 1.82. The van der Waals surface area contributed by atoms with Crippen LogP contribution >= 0.6 is 0 Å². The summed E-state index contributed by atoms with van der Waals surface area (Å²) in [6.45, 7) is 5.53. The molecule has 102 valence electrons. The number of carbonyl (C=O) groups is 1. The van der Waals surface area contributed by atoms with E-state index in [0.29, 0.717) is 19.7 Å². The lowest BCUT2D eigenvalue weighted by Crippen LogP contribution is -2.62. The van der Waals surface area contributed by atoms with E-state index in [-0.39, 0.29) is 11.5 Å². The van der Waals surface area contributed by atoms with Gasteiger partial charge in [-0.05, 0) is 6.42 Å². The molecule has 1 spiro atoms. The maximum Gasteiger partial charge on any atom is 0.409 e. The molecule has 0 bridgehead atoms. The molecule has 1 N–H and O–H groups in total. The van der Waals surface area contributed by atoms with E-state index < -0.39 is 0 Å². The van der Waals surface area contributed by atoms with E-state index >= 15 is 0 Å².